The zero-order valence-electron chi connectivity index (χ0n) is 10.6. The van der Waals surface area contributed by atoms with Crippen LogP contribution in [0.1, 0.15) is 52.4 Å². The molecule has 0 radical (unpaired) electrons. The van der Waals surface area contributed by atoms with E-state index in [1.54, 1.807) is 0 Å². The van der Waals surface area contributed by atoms with Gasteiger partial charge in [0.15, 0.2) is 0 Å². The molecule has 1 saturated heterocycles. The molecule has 0 aliphatic carbocycles. The third kappa shape index (κ3) is 5.53. The average molecular weight is 213 g/mol. The van der Waals surface area contributed by atoms with Crippen molar-refractivity contribution in [3.63, 3.8) is 0 Å². The molecule has 1 aliphatic rings. The molecule has 2 heteroatoms. The molecule has 2 nitrogen and oxygen atoms in total. The molecule has 15 heavy (non-hydrogen) atoms. The molecule has 1 aliphatic heterocycles. The molecule has 1 rings (SSSR count). The Bertz CT molecular complexity index is 153. The van der Waals surface area contributed by atoms with Crippen molar-refractivity contribution in [1.29, 1.82) is 0 Å². The molecule has 2 atom stereocenters. The molecular formula is C13H27NO. The normalized spacial score (nSPS) is 23.6. The summed E-state index contributed by atoms with van der Waals surface area (Å²) in [6, 6.07) is 0.700. The number of nitrogens with one attached hydrogen (secondary N) is 1. The highest BCUT2D eigenvalue weighted by Gasteiger charge is 2.16. The quantitative estimate of drug-likeness (QED) is 0.702. The summed E-state index contributed by atoms with van der Waals surface area (Å²) in [7, 11) is 2.08. The molecule has 0 amide bonds. The van der Waals surface area contributed by atoms with Crippen LogP contribution in [0, 0.1) is 5.92 Å². The van der Waals surface area contributed by atoms with E-state index in [0.717, 1.165) is 12.5 Å². The summed E-state index contributed by atoms with van der Waals surface area (Å²) in [4.78, 5) is 0. The molecular weight excluding hydrogens is 186 g/mol. The van der Waals surface area contributed by atoms with Crippen LogP contribution in [0.4, 0.5) is 0 Å². The van der Waals surface area contributed by atoms with Crippen LogP contribution >= 0.6 is 0 Å². The van der Waals surface area contributed by atoms with Gasteiger partial charge in [-0.25, -0.2) is 0 Å². The van der Waals surface area contributed by atoms with Crippen LogP contribution in [-0.4, -0.2) is 25.8 Å². The second-order valence-corrected chi connectivity index (χ2v) is 5.18. The fraction of sp³-hybridized carbons (Fsp3) is 1.00. The molecule has 1 fully saturated rings. The largest absolute Gasteiger partial charge is 0.378 e. The van der Waals surface area contributed by atoms with Crippen LogP contribution in [0.25, 0.3) is 0 Å². The molecule has 0 spiro atoms. The van der Waals surface area contributed by atoms with E-state index in [1.165, 1.54) is 38.5 Å². The van der Waals surface area contributed by atoms with Gasteiger partial charge in [0.25, 0.3) is 0 Å². The Labute approximate surface area is 94.8 Å². The van der Waals surface area contributed by atoms with E-state index < -0.39 is 0 Å². The lowest BCUT2D eigenvalue weighted by molar-refractivity contribution is 0.101. The van der Waals surface area contributed by atoms with Crippen molar-refractivity contribution in [2.45, 2.75) is 64.5 Å². The van der Waals surface area contributed by atoms with Gasteiger partial charge in [-0.05, 0) is 51.5 Å². The van der Waals surface area contributed by atoms with E-state index in [2.05, 4.69) is 26.2 Å². The zero-order valence-corrected chi connectivity index (χ0v) is 10.6. The highest BCUT2D eigenvalue weighted by atomic mass is 16.5. The minimum absolute atomic E-state index is 0.571. The topological polar surface area (TPSA) is 21.3 Å². The van der Waals surface area contributed by atoms with Crippen LogP contribution in [0.2, 0.25) is 0 Å². The Morgan fingerprint density at radius 2 is 2.20 bits per heavy atom. The Balaban J connectivity index is 2.05. The summed E-state index contributed by atoms with van der Waals surface area (Å²) in [6.45, 7) is 5.58. The number of hydrogen-bond donors (Lipinski definition) is 1. The average Bonchev–Trinajstić information content (AvgIpc) is 2.68. The molecule has 0 bridgehead atoms. The van der Waals surface area contributed by atoms with E-state index in [0.29, 0.717) is 12.1 Å². The predicted molar refractivity (Wildman–Crippen MR) is 65.1 cm³/mol. The molecule has 1 heterocycles. The van der Waals surface area contributed by atoms with Crippen molar-refractivity contribution < 1.29 is 4.74 Å². The van der Waals surface area contributed by atoms with E-state index in [-0.39, 0.29) is 0 Å². The van der Waals surface area contributed by atoms with Crippen LogP contribution < -0.4 is 5.32 Å². The first-order valence-corrected chi connectivity index (χ1v) is 6.51. The molecule has 0 aromatic rings. The third-order valence-electron chi connectivity index (χ3n) is 3.27. The summed E-state index contributed by atoms with van der Waals surface area (Å²) in [5, 5.41) is 3.42. The van der Waals surface area contributed by atoms with Crippen LogP contribution in [-0.2, 0) is 4.74 Å². The monoisotopic (exact) mass is 213 g/mol. The van der Waals surface area contributed by atoms with Gasteiger partial charge >= 0.3 is 0 Å². The van der Waals surface area contributed by atoms with Gasteiger partial charge in [-0.1, -0.05) is 13.8 Å². The minimum atomic E-state index is 0.571. The maximum atomic E-state index is 5.63. The van der Waals surface area contributed by atoms with Crippen molar-refractivity contribution in [1.82, 2.24) is 5.32 Å². The molecule has 90 valence electrons. The minimum Gasteiger partial charge on any atom is -0.378 e. The maximum absolute atomic E-state index is 5.63. The molecule has 0 aromatic heterocycles. The van der Waals surface area contributed by atoms with Crippen molar-refractivity contribution >= 4 is 0 Å². The first-order chi connectivity index (χ1) is 7.22. The van der Waals surface area contributed by atoms with Gasteiger partial charge in [0.1, 0.15) is 0 Å². The van der Waals surface area contributed by atoms with Crippen LogP contribution in [0.15, 0.2) is 0 Å². The van der Waals surface area contributed by atoms with Crippen molar-refractivity contribution in [2.24, 2.45) is 5.92 Å². The number of rotatable bonds is 7. The van der Waals surface area contributed by atoms with Gasteiger partial charge in [0, 0.05) is 12.6 Å². The van der Waals surface area contributed by atoms with Gasteiger partial charge in [0.05, 0.1) is 6.10 Å². The number of hydrogen-bond acceptors (Lipinski definition) is 2. The Morgan fingerprint density at radius 1 is 1.40 bits per heavy atom. The fourth-order valence-electron chi connectivity index (χ4n) is 2.41. The van der Waals surface area contributed by atoms with E-state index in [9.17, 15) is 0 Å². The van der Waals surface area contributed by atoms with Gasteiger partial charge < -0.3 is 10.1 Å². The van der Waals surface area contributed by atoms with Crippen LogP contribution in [0.3, 0.4) is 0 Å². The number of ether oxygens (including phenoxy) is 1. The van der Waals surface area contributed by atoms with Crippen molar-refractivity contribution in [2.75, 3.05) is 13.7 Å². The first kappa shape index (κ1) is 13.0. The third-order valence-corrected chi connectivity index (χ3v) is 3.27. The Kier molecular flexibility index (Phi) is 6.26. The van der Waals surface area contributed by atoms with E-state index in [4.69, 9.17) is 4.74 Å². The van der Waals surface area contributed by atoms with Gasteiger partial charge in [0.2, 0.25) is 0 Å². The highest BCUT2D eigenvalue weighted by molar-refractivity contribution is 4.70. The van der Waals surface area contributed by atoms with Gasteiger partial charge in [-0.3, -0.25) is 0 Å². The summed E-state index contributed by atoms with van der Waals surface area (Å²) in [5.41, 5.74) is 0. The lowest BCUT2D eigenvalue weighted by Crippen LogP contribution is -2.27. The maximum Gasteiger partial charge on any atom is 0.0576 e. The fourth-order valence-corrected chi connectivity index (χ4v) is 2.41. The smallest absolute Gasteiger partial charge is 0.0576 e. The predicted octanol–water partition coefficient (Wildman–Crippen LogP) is 2.97. The summed E-state index contributed by atoms with van der Waals surface area (Å²) in [5.74, 6) is 0.796. The van der Waals surface area contributed by atoms with Crippen molar-refractivity contribution in [3.8, 4) is 0 Å². The summed E-state index contributed by atoms with van der Waals surface area (Å²) >= 11 is 0. The summed E-state index contributed by atoms with van der Waals surface area (Å²) in [6.07, 6.45) is 8.29. The van der Waals surface area contributed by atoms with Gasteiger partial charge in [-0.2, -0.15) is 0 Å². The SMILES string of the molecule is CNC(CCCC1CCCO1)CC(C)C. The zero-order chi connectivity index (χ0) is 11.1. The molecule has 0 aromatic carbocycles. The molecule has 2 unspecified atom stereocenters. The lowest BCUT2D eigenvalue weighted by Gasteiger charge is -2.19. The standard InChI is InChI=1S/C13H27NO/c1-11(2)10-12(14-3)6-4-7-13-8-5-9-15-13/h11-14H,4-10H2,1-3H3. The van der Waals surface area contributed by atoms with E-state index >= 15 is 0 Å². The Hall–Kier alpha value is -0.0800. The first-order valence-electron chi connectivity index (χ1n) is 6.51. The lowest BCUT2D eigenvalue weighted by atomic mass is 9.98. The Morgan fingerprint density at radius 3 is 2.73 bits per heavy atom. The van der Waals surface area contributed by atoms with Crippen LogP contribution in [0.5, 0.6) is 0 Å². The second kappa shape index (κ2) is 7.24. The second-order valence-electron chi connectivity index (χ2n) is 5.18. The molecule has 1 N–H and O–H groups in total. The summed E-state index contributed by atoms with van der Waals surface area (Å²) < 4.78 is 5.63. The van der Waals surface area contributed by atoms with Crippen molar-refractivity contribution in [3.05, 3.63) is 0 Å². The highest BCUT2D eigenvalue weighted by Crippen LogP contribution is 2.19. The van der Waals surface area contributed by atoms with E-state index in [1.807, 2.05) is 0 Å². The molecule has 0 saturated carbocycles. The van der Waals surface area contributed by atoms with Gasteiger partial charge in [-0.15, -0.1) is 0 Å².